The molecule has 2 amide bonds. The van der Waals surface area contributed by atoms with Gasteiger partial charge >= 0.3 is 12.1 Å². The third kappa shape index (κ3) is 5.49. The maximum absolute atomic E-state index is 12.6. The number of benzene rings is 2. The summed E-state index contributed by atoms with van der Waals surface area (Å²) in [5, 5.41) is 14.2. The number of nitrogens with one attached hydrogen (secondary N) is 2. The zero-order chi connectivity index (χ0) is 24.8. The summed E-state index contributed by atoms with van der Waals surface area (Å²) in [4.78, 5) is 39.8. The van der Waals surface area contributed by atoms with Crippen molar-refractivity contribution in [2.24, 2.45) is 0 Å². The number of carbonyl (C=O) groups is 3. The van der Waals surface area contributed by atoms with Gasteiger partial charge in [0.05, 0.1) is 12.9 Å². The lowest BCUT2D eigenvalue weighted by Crippen LogP contribution is -2.50. The predicted molar refractivity (Wildman–Crippen MR) is 126 cm³/mol. The number of carbonyl (C=O) groups excluding carboxylic acids is 2. The molecule has 0 fully saturated rings. The lowest BCUT2D eigenvalue weighted by atomic mass is 9.98. The normalized spacial score (nSPS) is 12.9. The van der Waals surface area contributed by atoms with E-state index in [0.717, 1.165) is 22.3 Å². The Morgan fingerprint density at radius 3 is 2.34 bits per heavy atom. The van der Waals surface area contributed by atoms with Gasteiger partial charge in [0.15, 0.2) is 5.69 Å². The summed E-state index contributed by atoms with van der Waals surface area (Å²) in [6.45, 7) is 0.621. The average molecular weight is 479 g/mol. The Morgan fingerprint density at radius 1 is 1.09 bits per heavy atom. The monoisotopic (exact) mass is 478 g/mol. The number of hydrogen-bond donors (Lipinski definition) is 3. The van der Waals surface area contributed by atoms with Crippen molar-refractivity contribution in [3.8, 4) is 11.1 Å². The molecule has 1 aliphatic rings. The van der Waals surface area contributed by atoms with Gasteiger partial charge in [-0.25, -0.2) is 14.6 Å². The van der Waals surface area contributed by atoms with E-state index < -0.39 is 24.0 Å². The van der Waals surface area contributed by atoms with Crippen LogP contribution in [-0.2, 0) is 20.8 Å². The predicted octanol–water partition coefficient (Wildman–Crippen LogP) is 2.25. The molecule has 2 aromatic carbocycles. The number of imidazole rings is 1. The Balaban J connectivity index is 1.31. The van der Waals surface area contributed by atoms with Gasteiger partial charge in [-0.1, -0.05) is 48.5 Å². The number of carboxylic acids is 1. The number of nitrogens with zero attached hydrogens (tertiary/aromatic N) is 2. The van der Waals surface area contributed by atoms with Crippen LogP contribution in [0.3, 0.4) is 0 Å². The van der Waals surface area contributed by atoms with Crippen LogP contribution in [-0.4, -0.2) is 65.5 Å². The molecule has 0 bridgehead atoms. The van der Waals surface area contributed by atoms with Gasteiger partial charge in [-0.2, -0.15) is 0 Å². The largest absolute Gasteiger partial charge is 0.476 e. The number of alkyl carbamates (subject to hydrolysis) is 1. The summed E-state index contributed by atoms with van der Waals surface area (Å²) >= 11 is 0. The summed E-state index contributed by atoms with van der Waals surface area (Å²) in [6, 6.07) is 15.1. The molecule has 0 aliphatic heterocycles. The van der Waals surface area contributed by atoms with E-state index in [2.05, 4.69) is 27.8 Å². The fourth-order valence-corrected chi connectivity index (χ4v) is 4.16. The molecule has 1 heterocycles. The fraction of sp³-hybridized carbons (Fsp3) is 0.280. The molecule has 0 saturated carbocycles. The molecule has 0 saturated heterocycles. The maximum atomic E-state index is 12.6. The first-order valence-electron chi connectivity index (χ1n) is 11.1. The number of hydrogen-bond acceptors (Lipinski definition) is 6. The fourth-order valence-electron chi connectivity index (χ4n) is 4.16. The van der Waals surface area contributed by atoms with Crippen LogP contribution >= 0.6 is 0 Å². The van der Waals surface area contributed by atoms with Crippen LogP contribution in [0, 0.1) is 0 Å². The van der Waals surface area contributed by atoms with E-state index in [-0.39, 0.29) is 31.4 Å². The van der Waals surface area contributed by atoms with Crippen LogP contribution in [0.5, 0.6) is 0 Å². The van der Waals surface area contributed by atoms with Crippen LogP contribution in [0.25, 0.3) is 11.1 Å². The highest BCUT2D eigenvalue weighted by atomic mass is 16.5. The second kappa shape index (κ2) is 10.8. The summed E-state index contributed by atoms with van der Waals surface area (Å²) in [6.07, 6.45) is 2.03. The van der Waals surface area contributed by atoms with Crippen molar-refractivity contribution in [1.82, 2.24) is 20.2 Å². The molecule has 3 aromatic rings. The van der Waals surface area contributed by atoms with Gasteiger partial charge in [-0.3, -0.25) is 4.79 Å². The number of methoxy groups -OCH3 is 1. The number of aromatic carboxylic acids is 1. The minimum Gasteiger partial charge on any atom is -0.476 e. The Morgan fingerprint density at radius 2 is 1.74 bits per heavy atom. The zero-order valence-electron chi connectivity index (χ0n) is 19.1. The van der Waals surface area contributed by atoms with Crippen molar-refractivity contribution in [3.63, 3.8) is 0 Å². The lowest BCUT2D eigenvalue weighted by Gasteiger charge is -2.19. The van der Waals surface area contributed by atoms with E-state index in [9.17, 15) is 14.4 Å². The summed E-state index contributed by atoms with van der Waals surface area (Å²) in [7, 11) is 1.43. The van der Waals surface area contributed by atoms with Gasteiger partial charge in [-0.15, -0.1) is 0 Å². The lowest BCUT2D eigenvalue weighted by molar-refractivity contribution is -0.124. The molecule has 35 heavy (non-hydrogen) atoms. The Bertz CT molecular complexity index is 1180. The molecule has 0 radical (unpaired) electrons. The molecule has 182 valence electrons. The van der Waals surface area contributed by atoms with Crippen LogP contribution in [0.15, 0.2) is 61.1 Å². The van der Waals surface area contributed by atoms with E-state index in [0.29, 0.717) is 6.54 Å². The molecule has 1 aromatic heterocycles. The molecule has 0 spiro atoms. The number of carboxylic acid groups (broad SMARTS) is 1. The number of aromatic nitrogens is 2. The number of rotatable bonds is 10. The van der Waals surface area contributed by atoms with Crippen molar-refractivity contribution >= 4 is 18.0 Å². The summed E-state index contributed by atoms with van der Waals surface area (Å²) in [5.74, 6) is -1.66. The van der Waals surface area contributed by atoms with Crippen LogP contribution in [0.4, 0.5) is 4.79 Å². The van der Waals surface area contributed by atoms with Gasteiger partial charge < -0.3 is 29.8 Å². The minimum atomic E-state index is -1.12. The second-order valence-corrected chi connectivity index (χ2v) is 8.07. The van der Waals surface area contributed by atoms with Gasteiger partial charge in [0.25, 0.3) is 0 Å². The van der Waals surface area contributed by atoms with Crippen molar-refractivity contribution in [1.29, 1.82) is 0 Å². The smallest absolute Gasteiger partial charge is 0.407 e. The van der Waals surface area contributed by atoms with E-state index in [4.69, 9.17) is 14.6 Å². The standard InChI is InChI=1S/C25H26N4O6/c1-34-14-22(23(30)26-10-11-29-12-21(24(31)32)27-15-29)28-25(33)35-13-20-18-8-4-2-6-16(18)17-7-3-5-9-19(17)20/h2-9,12,15,20,22H,10-11,13-14H2,1H3,(H,26,30)(H,28,33)(H,31,32). The average Bonchev–Trinajstić information content (AvgIpc) is 3.46. The van der Waals surface area contributed by atoms with Crippen LogP contribution in [0.1, 0.15) is 27.5 Å². The molecule has 10 nitrogen and oxygen atoms in total. The van der Waals surface area contributed by atoms with Gasteiger partial charge in [-0.05, 0) is 22.3 Å². The van der Waals surface area contributed by atoms with E-state index in [1.807, 2.05) is 36.4 Å². The second-order valence-electron chi connectivity index (χ2n) is 8.07. The maximum Gasteiger partial charge on any atom is 0.407 e. The van der Waals surface area contributed by atoms with Gasteiger partial charge in [0, 0.05) is 32.3 Å². The Hall–Kier alpha value is -4.18. The van der Waals surface area contributed by atoms with Crippen molar-refractivity contribution in [2.75, 3.05) is 26.9 Å². The molecule has 1 aliphatic carbocycles. The third-order valence-electron chi connectivity index (χ3n) is 5.81. The Labute approximate surface area is 201 Å². The Kier molecular flexibility index (Phi) is 7.41. The number of amides is 2. The summed E-state index contributed by atoms with van der Waals surface area (Å²) in [5.41, 5.74) is 4.37. The van der Waals surface area contributed by atoms with Crippen molar-refractivity contribution in [2.45, 2.75) is 18.5 Å². The third-order valence-corrected chi connectivity index (χ3v) is 5.81. The highest BCUT2D eigenvalue weighted by molar-refractivity contribution is 5.86. The molecule has 1 atom stereocenters. The first kappa shape index (κ1) is 24.0. The van der Waals surface area contributed by atoms with Crippen molar-refractivity contribution in [3.05, 3.63) is 77.9 Å². The molecular weight excluding hydrogens is 452 g/mol. The number of ether oxygens (including phenoxy) is 2. The van der Waals surface area contributed by atoms with Gasteiger partial charge in [0.1, 0.15) is 12.6 Å². The van der Waals surface area contributed by atoms with E-state index in [1.165, 1.54) is 19.6 Å². The summed E-state index contributed by atoms with van der Waals surface area (Å²) < 4.78 is 12.1. The van der Waals surface area contributed by atoms with Crippen molar-refractivity contribution < 1.29 is 29.0 Å². The quantitative estimate of drug-likeness (QED) is 0.407. The molecule has 1 unspecified atom stereocenters. The molecular formula is C25H26N4O6. The molecule has 4 rings (SSSR count). The van der Waals surface area contributed by atoms with Crippen LogP contribution < -0.4 is 10.6 Å². The highest BCUT2D eigenvalue weighted by Crippen LogP contribution is 2.44. The van der Waals surface area contributed by atoms with E-state index >= 15 is 0 Å². The van der Waals surface area contributed by atoms with Gasteiger partial charge in [0.2, 0.25) is 5.91 Å². The SMILES string of the molecule is COCC(NC(=O)OCC1c2ccccc2-c2ccccc21)C(=O)NCCn1cnc(C(=O)O)c1. The van der Waals surface area contributed by atoms with E-state index in [1.54, 1.807) is 4.57 Å². The first-order valence-corrected chi connectivity index (χ1v) is 11.1. The molecule has 3 N–H and O–H groups in total. The van der Waals surface area contributed by atoms with Crippen LogP contribution in [0.2, 0.25) is 0 Å². The zero-order valence-corrected chi connectivity index (χ0v) is 19.1. The molecule has 10 heteroatoms. The highest BCUT2D eigenvalue weighted by Gasteiger charge is 2.29. The minimum absolute atomic E-state index is 0.0374. The number of fused-ring (bicyclic) bond motifs is 3. The first-order chi connectivity index (χ1) is 17.0. The topological polar surface area (TPSA) is 132 Å².